The Balaban J connectivity index is 0.894. The standard InChI is InChI=1S/C64H41N3/c1-4-14-45-35-50(28-25-40(45)11-1)61-53-17-7-8-18-54(53)62(51-29-26-41-12-2-5-15-46(41)36-51)57-38-48(31-33-55(57)61)43-21-23-44(24-22-43)49-32-34-56-59(39-49)66-63(52-30-27-42-13-3-6-16-47(42)37-52)67-60-20-10-9-19-58(60)65-64(56)67/h1-39,58,60H. The fraction of sp³-hybridized carbons (Fsp3) is 0.0312. The lowest BCUT2D eigenvalue weighted by molar-refractivity contribution is 0.513. The Hall–Kier alpha value is -8.66. The van der Waals surface area contributed by atoms with Gasteiger partial charge in [-0.05, 0) is 135 Å². The van der Waals surface area contributed by atoms with Gasteiger partial charge in [0, 0.05) is 11.1 Å². The van der Waals surface area contributed by atoms with Crippen LogP contribution in [0, 0.1) is 0 Å². The third kappa shape index (κ3) is 6.12. The number of allylic oxidation sites excluding steroid dienone is 2. The maximum Gasteiger partial charge on any atom is 0.142 e. The van der Waals surface area contributed by atoms with Crippen LogP contribution in [-0.2, 0) is 0 Å². The van der Waals surface area contributed by atoms with Gasteiger partial charge < -0.3 is 4.90 Å². The Morgan fingerprint density at radius 3 is 1.42 bits per heavy atom. The number of nitrogens with zero attached hydrogens (tertiary/aromatic N) is 3. The minimum absolute atomic E-state index is 0.0478. The fourth-order valence-electron chi connectivity index (χ4n) is 10.9. The van der Waals surface area contributed by atoms with E-state index in [4.69, 9.17) is 9.98 Å². The predicted molar refractivity (Wildman–Crippen MR) is 283 cm³/mol. The van der Waals surface area contributed by atoms with Gasteiger partial charge >= 0.3 is 0 Å². The van der Waals surface area contributed by atoms with Crippen LogP contribution in [0.4, 0.5) is 5.69 Å². The summed E-state index contributed by atoms with van der Waals surface area (Å²) in [6.07, 6.45) is 8.70. The molecule has 1 aliphatic carbocycles. The topological polar surface area (TPSA) is 28.0 Å². The van der Waals surface area contributed by atoms with Crippen LogP contribution in [0.2, 0.25) is 0 Å². The van der Waals surface area contributed by atoms with Gasteiger partial charge in [-0.1, -0.05) is 200 Å². The minimum atomic E-state index is 0.0478. The number of hydrogen-bond donors (Lipinski definition) is 0. The summed E-state index contributed by atoms with van der Waals surface area (Å²) >= 11 is 0. The molecule has 0 saturated heterocycles. The first-order chi connectivity index (χ1) is 33.2. The number of hydrogen-bond acceptors (Lipinski definition) is 3. The van der Waals surface area contributed by atoms with E-state index in [1.165, 1.54) is 87.2 Å². The van der Waals surface area contributed by atoms with Crippen molar-refractivity contribution in [2.75, 3.05) is 0 Å². The van der Waals surface area contributed by atoms with E-state index >= 15 is 0 Å². The normalized spacial score (nSPS) is 16.1. The van der Waals surface area contributed by atoms with E-state index in [2.05, 4.69) is 242 Å². The zero-order chi connectivity index (χ0) is 44.0. The minimum Gasteiger partial charge on any atom is -0.301 e. The van der Waals surface area contributed by atoms with Crippen molar-refractivity contribution in [2.24, 2.45) is 9.98 Å². The van der Waals surface area contributed by atoms with Crippen LogP contribution in [-0.4, -0.2) is 28.7 Å². The highest BCUT2D eigenvalue weighted by molar-refractivity contribution is 6.24. The second kappa shape index (κ2) is 14.9. The van der Waals surface area contributed by atoms with Gasteiger partial charge in [0.2, 0.25) is 0 Å². The van der Waals surface area contributed by atoms with Gasteiger partial charge in [0.15, 0.2) is 0 Å². The molecule has 0 spiro atoms. The lowest BCUT2D eigenvalue weighted by atomic mass is 9.84. The molecule has 3 aliphatic rings. The second-order valence-corrected chi connectivity index (χ2v) is 18.1. The fourth-order valence-corrected chi connectivity index (χ4v) is 10.9. The molecule has 312 valence electrons. The molecule has 11 aromatic carbocycles. The molecule has 0 radical (unpaired) electrons. The predicted octanol–water partition coefficient (Wildman–Crippen LogP) is 16.1. The summed E-state index contributed by atoms with van der Waals surface area (Å²) in [5.74, 6) is 1.92. The summed E-state index contributed by atoms with van der Waals surface area (Å²) < 4.78 is 0. The Morgan fingerprint density at radius 1 is 0.328 bits per heavy atom. The van der Waals surface area contributed by atoms with E-state index in [0.717, 1.165) is 39.6 Å². The average molecular weight is 852 g/mol. The molecule has 14 rings (SSSR count). The van der Waals surface area contributed by atoms with Gasteiger partial charge in [0.25, 0.3) is 0 Å². The molecule has 0 fully saturated rings. The zero-order valence-corrected chi connectivity index (χ0v) is 36.5. The Labute approximate surface area is 388 Å². The van der Waals surface area contributed by atoms with Gasteiger partial charge in [-0.25, -0.2) is 4.99 Å². The molecule has 0 aromatic heterocycles. The Bertz CT molecular complexity index is 4000. The summed E-state index contributed by atoms with van der Waals surface area (Å²) in [5, 5.41) is 12.4. The van der Waals surface area contributed by atoms with Crippen LogP contribution in [0.25, 0.3) is 98.4 Å². The molecule has 67 heavy (non-hydrogen) atoms. The highest BCUT2D eigenvalue weighted by atomic mass is 15.3. The maximum absolute atomic E-state index is 5.46. The van der Waals surface area contributed by atoms with E-state index in [1.54, 1.807) is 0 Å². The molecular formula is C64H41N3. The number of amidine groups is 2. The molecule has 2 atom stereocenters. The first-order valence-electron chi connectivity index (χ1n) is 23.2. The number of fused-ring (bicyclic) bond motifs is 10. The van der Waals surface area contributed by atoms with Crippen LogP contribution in [0.3, 0.4) is 0 Å². The number of aliphatic imine (C=N–C) groups is 2. The molecule has 0 bridgehead atoms. The van der Waals surface area contributed by atoms with Crippen molar-refractivity contribution in [3.63, 3.8) is 0 Å². The quantitative estimate of drug-likeness (QED) is 0.159. The van der Waals surface area contributed by atoms with E-state index in [9.17, 15) is 0 Å². The molecule has 2 aliphatic heterocycles. The molecule has 3 nitrogen and oxygen atoms in total. The van der Waals surface area contributed by atoms with Crippen molar-refractivity contribution >= 4 is 71.2 Å². The zero-order valence-electron chi connectivity index (χ0n) is 36.5. The van der Waals surface area contributed by atoms with Crippen LogP contribution >= 0.6 is 0 Å². The lowest BCUT2D eigenvalue weighted by Crippen LogP contribution is -2.45. The smallest absolute Gasteiger partial charge is 0.142 e. The molecular weight excluding hydrogens is 811 g/mol. The Morgan fingerprint density at radius 2 is 0.791 bits per heavy atom. The molecule has 0 amide bonds. The van der Waals surface area contributed by atoms with Gasteiger partial charge in [0.1, 0.15) is 11.7 Å². The molecule has 11 aromatic rings. The molecule has 2 unspecified atom stereocenters. The Kier molecular flexibility index (Phi) is 8.41. The van der Waals surface area contributed by atoms with Crippen LogP contribution in [0.5, 0.6) is 0 Å². The van der Waals surface area contributed by atoms with Crippen molar-refractivity contribution in [3.05, 3.63) is 248 Å². The molecule has 2 heterocycles. The van der Waals surface area contributed by atoms with Crippen LogP contribution < -0.4 is 0 Å². The summed E-state index contributed by atoms with van der Waals surface area (Å²) in [4.78, 5) is 13.1. The van der Waals surface area contributed by atoms with Gasteiger partial charge in [0.05, 0.1) is 17.8 Å². The first-order valence-corrected chi connectivity index (χ1v) is 23.2. The monoisotopic (exact) mass is 851 g/mol. The van der Waals surface area contributed by atoms with Crippen molar-refractivity contribution < 1.29 is 0 Å². The van der Waals surface area contributed by atoms with Crippen molar-refractivity contribution in [2.45, 2.75) is 12.1 Å². The first kappa shape index (κ1) is 37.7. The van der Waals surface area contributed by atoms with Crippen LogP contribution in [0.15, 0.2) is 247 Å². The summed E-state index contributed by atoms with van der Waals surface area (Å²) in [5.41, 5.74) is 12.7. The second-order valence-electron chi connectivity index (χ2n) is 18.1. The van der Waals surface area contributed by atoms with Gasteiger partial charge in [-0.2, -0.15) is 0 Å². The third-order valence-corrected chi connectivity index (χ3v) is 14.2. The SMILES string of the molecule is C1=CC2N=C3c4ccc(-c5ccc(-c6ccc7c(-c8ccc9ccccc9c8)c8ccccc8c(-c8ccc9ccccc9c8)c7c6)cc5)cc4N=C(c4ccc5ccccc5c4)N3C2C=C1. The molecule has 0 N–H and O–H groups in total. The summed E-state index contributed by atoms with van der Waals surface area (Å²) in [7, 11) is 0. The van der Waals surface area contributed by atoms with Gasteiger partial charge in [-0.3, -0.25) is 4.99 Å². The van der Waals surface area contributed by atoms with E-state index in [-0.39, 0.29) is 12.1 Å². The van der Waals surface area contributed by atoms with Crippen molar-refractivity contribution in [3.8, 4) is 44.5 Å². The highest BCUT2D eigenvalue weighted by Gasteiger charge is 2.41. The van der Waals surface area contributed by atoms with E-state index < -0.39 is 0 Å². The molecule has 0 saturated carbocycles. The molecule has 3 heteroatoms. The van der Waals surface area contributed by atoms with Crippen molar-refractivity contribution in [1.29, 1.82) is 0 Å². The number of rotatable bonds is 5. The number of benzene rings is 11. The van der Waals surface area contributed by atoms with E-state index in [1.807, 2.05) is 0 Å². The van der Waals surface area contributed by atoms with Gasteiger partial charge in [-0.15, -0.1) is 0 Å². The van der Waals surface area contributed by atoms with Crippen molar-refractivity contribution in [1.82, 2.24) is 4.90 Å². The summed E-state index contributed by atoms with van der Waals surface area (Å²) in [6, 6.07) is 78.2. The third-order valence-electron chi connectivity index (χ3n) is 14.2. The highest BCUT2D eigenvalue weighted by Crippen LogP contribution is 2.46. The lowest BCUT2D eigenvalue weighted by Gasteiger charge is -2.33. The van der Waals surface area contributed by atoms with Crippen LogP contribution in [0.1, 0.15) is 11.1 Å². The maximum atomic E-state index is 5.46. The largest absolute Gasteiger partial charge is 0.301 e. The summed E-state index contributed by atoms with van der Waals surface area (Å²) in [6.45, 7) is 0. The average Bonchev–Trinajstić information content (AvgIpc) is 3.79. The van der Waals surface area contributed by atoms with E-state index in [0.29, 0.717) is 0 Å².